The van der Waals surface area contributed by atoms with Gasteiger partial charge < -0.3 is 14.2 Å². The fourth-order valence-corrected chi connectivity index (χ4v) is 3.83. The maximum atomic E-state index is 12.8. The van der Waals surface area contributed by atoms with Crippen molar-refractivity contribution < 1.29 is 9.53 Å². The standard InChI is InChI=1S/C17H20N4O2/c22-17(13-3-5-18-6-4-13)21-9-10-23-16-14(1-2-15(16)21)11-20-8-7-19-12-20/h3-8,12,14-16H,1-2,9-11H2/t14-,15+,16-/m1/s1. The van der Waals surface area contributed by atoms with Crippen molar-refractivity contribution in [2.24, 2.45) is 5.92 Å². The van der Waals surface area contributed by atoms with Crippen LogP contribution in [0.25, 0.3) is 0 Å². The summed E-state index contributed by atoms with van der Waals surface area (Å²) in [5.41, 5.74) is 0.707. The molecule has 0 N–H and O–H groups in total. The van der Waals surface area contributed by atoms with Crippen molar-refractivity contribution in [2.45, 2.75) is 31.5 Å². The Labute approximate surface area is 135 Å². The summed E-state index contributed by atoms with van der Waals surface area (Å²) in [4.78, 5) is 22.9. The zero-order chi connectivity index (χ0) is 15.6. The van der Waals surface area contributed by atoms with E-state index in [0.29, 0.717) is 24.6 Å². The number of ether oxygens (including phenoxy) is 1. The van der Waals surface area contributed by atoms with Crippen LogP contribution in [0.4, 0.5) is 0 Å². The Hall–Kier alpha value is -2.21. The molecule has 1 aliphatic heterocycles. The van der Waals surface area contributed by atoms with E-state index >= 15 is 0 Å². The number of rotatable bonds is 3. The van der Waals surface area contributed by atoms with Gasteiger partial charge in [0.1, 0.15) is 0 Å². The Morgan fingerprint density at radius 3 is 2.87 bits per heavy atom. The summed E-state index contributed by atoms with van der Waals surface area (Å²) >= 11 is 0. The van der Waals surface area contributed by atoms with Crippen LogP contribution in [0.3, 0.4) is 0 Å². The maximum Gasteiger partial charge on any atom is 0.254 e. The van der Waals surface area contributed by atoms with E-state index in [1.54, 1.807) is 30.7 Å². The average Bonchev–Trinajstić information content (AvgIpc) is 3.25. The van der Waals surface area contributed by atoms with E-state index < -0.39 is 0 Å². The summed E-state index contributed by atoms with van der Waals surface area (Å²) in [6, 6.07) is 3.74. The van der Waals surface area contributed by atoms with Gasteiger partial charge in [0.25, 0.3) is 5.91 Å². The molecule has 1 saturated heterocycles. The molecule has 3 heterocycles. The number of morpholine rings is 1. The molecule has 2 aliphatic rings. The van der Waals surface area contributed by atoms with Crippen molar-refractivity contribution in [3.05, 3.63) is 48.8 Å². The van der Waals surface area contributed by atoms with Crippen molar-refractivity contribution in [3.63, 3.8) is 0 Å². The molecule has 2 aromatic rings. The monoisotopic (exact) mass is 312 g/mol. The topological polar surface area (TPSA) is 60.3 Å². The highest BCUT2D eigenvalue weighted by Crippen LogP contribution is 2.36. The fraction of sp³-hybridized carbons (Fsp3) is 0.471. The summed E-state index contributed by atoms with van der Waals surface area (Å²) in [6.45, 7) is 2.18. The van der Waals surface area contributed by atoms with E-state index in [0.717, 1.165) is 19.4 Å². The van der Waals surface area contributed by atoms with E-state index in [2.05, 4.69) is 14.5 Å². The SMILES string of the molecule is O=C(c1ccncc1)N1CCO[C@@H]2[C@@H](Cn3ccnc3)CC[C@@H]21. The van der Waals surface area contributed by atoms with Gasteiger partial charge in [-0.3, -0.25) is 9.78 Å². The molecule has 120 valence electrons. The highest BCUT2D eigenvalue weighted by Gasteiger charge is 2.44. The Morgan fingerprint density at radius 2 is 2.09 bits per heavy atom. The molecule has 1 amide bonds. The van der Waals surface area contributed by atoms with Gasteiger partial charge >= 0.3 is 0 Å². The average molecular weight is 312 g/mol. The lowest BCUT2D eigenvalue weighted by Crippen LogP contribution is -2.53. The molecule has 2 fully saturated rings. The van der Waals surface area contributed by atoms with Gasteiger partial charge in [0, 0.05) is 49.4 Å². The molecular weight excluding hydrogens is 292 g/mol. The van der Waals surface area contributed by atoms with Crippen molar-refractivity contribution >= 4 is 5.91 Å². The Bertz CT molecular complexity index is 658. The fourth-order valence-electron chi connectivity index (χ4n) is 3.83. The first-order chi connectivity index (χ1) is 11.3. The third-order valence-electron chi connectivity index (χ3n) is 4.91. The lowest BCUT2D eigenvalue weighted by molar-refractivity contribution is -0.0645. The van der Waals surface area contributed by atoms with Crippen LogP contribution in [-0.4, -0.2) is 50.6 Å². The summed E-state index contributed by atoms with van der Waals surface area (Å²) in [5.74, 6) is 0.524. The van der Waals surface area contributed by atoms with Crippen LogP contribution in [0.1, 0.15) is 23.2 Å². The van der Waals surface area contributed by atoms with E-state index in [9.17, 15) is 4.79 Å². The van der Waals surface area contributed by atoms with E-state index in [4.69, 9.17) is 4.74 Å². The van der Waals surface area contributed by atoms with Gasteiger partial charge in [-0.05, 0) is 25.0 Å². The third-order valence-corrected chi connectivity index (χ3v) is 4.91. The van der Waals surface area contributed by atoms with Gasteiger partial charge in [0.15, 0.2) is 0 Å². The largest absolute Gasteiger partial charge is 0.374 e. The number of hydrogen-bond donors (Lipinski definition) is 0. The minimum Gasteiger partial charge on any atom is -0.374 e. The van der Waals surface area contributed by atoms with Gasteiger partial charge in [-0.15, -0.1) is 0 Å². The lowest BCUT2D eigenvalue weighted by Gasteiger charge is -2.39. The lowest BCUT2D eigenvalue weighted by atomic mass is 10.0. The number of pyridine rings is 1. The van der Waals surface area contributed by atoms with Gasteiger partial charge in [-0.2, -0.15) is 0 Å². The molecule has 3 atom stereocenters. The molecule has 4 rings (SSSR count). The maximum absolute atomic E-state index is 12.8. The number of amides is 1. The summed E-state index contributed by atoms with van der Waals surface area (Å²) < 4.78 is 8.14. The van der Waals surface area contributed by atoms with E-state index in [-0.39, 0.29) is 18.1 Å². The highest BCUT2D eigenvalue weighted by atomic mass is 16.5. The number of carbonyl (C=O) groups is 1. The second-order valence-corrected chi connectivity index (χ2v) is 6.23. The summed E-state index contributed by atoms with van der Waals surface area (Å²) in [6.07, 6.45) is 11.2. The molecule has 23 heavy (non-hydrogen) atoms. The number of imidazole rings is 1. The van der Waals surface area contributed by atoms with Crippen LogP contribution >= 0.6 is 0 Å². The molecule has 0 spiro atoms. The smallest absolute Gasteiger partial charge is 0.254 e. The first-order valence-electron chi connectivity index (χ1n) is 8.11. The normalized spacial score (nSPS) is 27.0. The van der Waals surface area contributed by atoms with Gasteiger partial charge in [-0.25, -0.2) is 4.98 Å². The molecule has 6 heteroatoms. The second-order valence-electron chi connectivity index (χ2n) is 6.23. The van der Waals surface area contributed by atoms with Gasteiger partial charge in [0.2, 0.25) is 0 Å². The van der Waals surface area contributed by atoms with Crippen LogP contribution in [0.15, 0.2) is 43.2 Å². The second kappa shape index (κ2) is 6.12. The van der Waals surface area contributed by atoms with Crippen LogP contribution in [0, 0.1) is 5.92 Å². The van der Waals surface area contributed by atoms with Crippen molar-refractivity contribution in [1.82, 2.24) is 19.4 Å². The summed E-state index contributed by atoms with van der Waals surface area (Å²) in [7, 11) is 0. The van der Waals surface area contributed by atoms with Gasteiger partial charge in [0.05, 0.1) is 25.1 Å². The van der Waals surface area contributed by atoms with Crippen LogP contribution in [0.2, 0.25) is 0 Å². The number of nitrogens with zero attached hydrogens (tertiary/aromatic N) is 4. The molecule has 0 radical (unpaired) electrons. The molecule has 1 saturated carbocycles. The number of carbonyl (C=O) groups excluding carboxylic acids is 1. The van der Waals surface area contributed by atoms with Crippen LogP contribution in [0.5, 0.6) is 0 Å². The Morgan fingerprint density at radius 1 is 1.22 bits per heavy atom. The van der Waals surface area contributed by atoms with Crippen molar-refractivity contribution in [1.29, 1.82) is 0 Å². The highest BCUT2D eigenvalue weighted by molar-refractivity contribution is 5.94. The number of fused-ring (bicyclic) bond motifs is 1. The third kappa shape index (κ3) is 2.74. The van der Waals surface area contributed by atoms with Crippen LogP contribution in [-0.2, 0) is 11.3 Å². The molecule has 2 aromatic heterocycles. The van der Waals surface area contributed by atoms with Crippen molar-refractivity contribution in [3.8, 4) is 0 Å². The molecule has 0 bridgehead atoms. The van der Waals surface area contributed by atoms with Crippen LogP contribution < -0.4 is 0 Å². The molecular formula is C17H20N4O2. The minimum atomic E-state index is 0.0916. The zero-order valence-electron chi connectivity index (χ0n) is 12.9. The first-order valence-corrected chi connectivity index (χ1v) is 8.11. The quantitative estimate of drug-likeness (QED) is 0.864. The molecule has 1 aliphatic carbocycles. The van der Waals surface area contributed by atoms with E-state index in [1.165, 1.54) is 0 Å². The summed E-state index contributed by atoms with van der Waals surface area (Å²) in [5, 5.41) is 0. The first kappa shape index (κ1) is 14.4. The zero-order valence-corrected chi connectivity index (χ0v) is 12.9. The predicted molar refractivity (Wildman–Crippen MR) is 83.8 cm³/mol. The van der Waals surface area contributed by atoms with Gasteiger partial charge in [-0.1, -0.05) is 0 Å². The Kier molecular flexibility index (Phi) is 3.83. The number of aromatic nitrogens is 3. The molecule has 6 nitrogen and oxygen atoms in total. The molecule has 0 unspecified atom stereocenters. The Balaban J connectivity index is 1.50. The van der Waals surface area contributed by atoms with Crippen molar-refractivity contribution in [2.75, 3.05) is 13.2 Å². The number of hydrogen-bond acceptors (Lipinski definition) is 4. The van der Waals surface area contributed by atoms with E-state index in [1.807, 2.05) is 17.4 Å². The predicted octanol–water partition coefficient (Wildman–Crippen LogP) is 1.60. The minimum absolute atomic E-state index is 0.0916. The molecule has 0 aromatic carbocycles.